The van der Waals surface area contributed by atoms with E-state index in [0.717, 1.165) is 17.7 Å². The van der Waals surface area contributed by atoms with E-state index in [-0.39, 0.29) is 36.9 Å². The molecule has 7 heteroatoms. The first-order valence-electron chi connectivity index (χ1n) is 6.42. The van der Waals surface area contributed by atoms with Crippen LogP contribution in [0.25, 0.3) is 0 Å². The molecule has 0 spiro atoms. The van der Waals surface area contributed by atoms with Crippen LogP contribution in [0.15, 0.2) is 0 Å². The van der Waals surface area contributed by atoms with Crippen LogP contribution in [0.4, 0.5) is 0 Å². The van der Waals surface area contributed by atoms with E-state index in [1.54, 1.807) is 0 Å². The number of rotatable bonds is 5. The van der Waals surface area contributed by atoms with Gasteiger partial charge in [-0.1, -0.05) is 6.92 Å². The average molecular weight is 270 g/mol. The summed E-state index contributed by atoms with van der Waals surface area (Å²) in [6.07, 6.45) is 2.19. The molecule has 3 atom stereocenters. The number of carbonyl (C=O) groups excluding carboxylic acids is 3. The van der Waals surface area contributed by atoms with Gasteiger partial charge < -0.3 is 22.1 Å². The summed E-state index contributed by atoms with van der Waals surface area (Å²) in [7, 11) is 0. The summed E-state index contributed by atoms with van der Waals surface area (Å²) >= 11 is 0. The van der Waals surface area contributed by atoms with Crippen molar-refractivity contribution in [1.82, 2.24) is 4.90 Å². The minimum absolute atomic E-state index is 0.111. The molecule has 0 saturated heterocycles. The Labute approximate surface area is 112 Å². The van der Waals surface area contributed by atoms with E-state index < -0.39 is 11.8 Å². The van der Waals surface area contributed by atoms with Gasteiger partial charge >= 0.3 is 0 Å². The summed E-state index contributed by atoms with van der Waals surface area (Å²) in [5, 5.41) is 0. The Morgan fingerprint density at radius 3 is 2.05 bits per heavy atom. The Kier molecular flexibility index (Phi) is 5.29. The first-order valence-corrected chi connectivity index (χ1v) is 6.42. The van der Waals surface area contributed by atoms with Crippen molar-refractivity contribution in [3.63, 3.8) is 0 Å². The standard InChI is InChI=1S/C12H22N4O3/c1-7-4-8(13)2-3-9(7)12(19)16(5-10(14)17)6-11(15)18/h7-9H,2-6,13H2,1H3,(H2,14,17)(H2,15,18). The number of hydrogen-bond acceptors (Lipinski definition) is 4. The molecule has 108 valence electrons. The number of primary amides is 2. The van der Waals surface area contributed by atoms with Crippen molar-refractivity contribution < 1.29 is 14.4 Å². The van der Waals surface area contributed by atoms with Gasteiger partial charge in [0, 0.05) is 12.0 Å². The summed E-state index contributed by atoms with van der Waals surface area (Å²) in [4.78, 5) is 35.4. The lowest BCUT2D eigenvalue weighted by Crippen LogP contribution is -2.48. The van der Waals surface area contributed by atoms with E-state index in [1.807, 2.05) is 6.92 Å². The van der Waals surface area contributed by atoms with Crippen molar-refractivity contribution in [2.45, 2.75) is 32.2 Å². The fourth-order valence-electron chi connectivity index (χ4n) is 2.63. The van der Waals surface area contributed by atoms with Gasteiger partial charge in [0.1, 0.15) is 0 Å². The maximum absolute atomic E-state index is 12.4. The van der Waals surface area contributed by atoms with E-state index in [2.05, 4.69) is 0 Å². The molecule has 1 aliphatic rings. The normalized spacial score (nSPS) is 26.7. The van der Waals surface area contributed by atoms with Crippen molar-refractivity contribution in [2.24, 2.45) is 29.0 Å². The molecular weight excluding hydrogens is 248 g/mol. The minimum Gasteiger partial charge on any atom is -0.368 e. The number of nitrogens with two attached hydrogens (primary N) is 3. The topological polar surface area (TPSA) is 133 Å². The van der Waals surface area contributed by atoms with Crippen LogP contribution in [-0.4, -0.2) is 41.8 Å². The van der Waals surface area contributed by atoms with E-state index in [4.69, 9.17) is 17.2 Å². The molecule has 1 rings (SSSR count). The van der Waals surface area contributed by atoms with Gasteiger partial charge in [0.15, 0.2) is 0 Å². The highest BCUT2D eigenvalue weighted by Gasteiger charge is 2.34. The first-order chi connectivity index (χ1) is 8.81. The molecule has 6 N–H and O–H groups in total. The van der Waals surface area contributed by atoms with E-state index in [9.17, 15) is 14.4 Å². The van der Waals surface area contributed by atoms with Crippen molar-refractivity contribution >= 4 is 17.7 Å². The summed E-state index contributed by atoms with van der Waals surface area (Å²) in [5.41, 5.74) is 16.0. The maximum atomic E-state index is 12.4. The van der Waals surface area contributed by atoms with Crippen LogP contribution < -0.4 is 17.2 Å². The Morgan fingerprint density at radius 1 is 1.11 bits per heavy atom. The zero-order chi connectivity index (χ0) is 14.6. The third-order valence-corrected chi connectivity index (χ3v) is 3.53. The molecule has 0 bridgehead atoms. The van der Waals surface area contributed by atoms with Gasteiger partial charge in [0.2, 0.25) is 17.7 Å². The van der Waals surface area contributed by atoms with Crippen molar-refractivity contribution in [3.05, 3.63) is 0 Å². The number of nitrogens with zero attached hydrogens (tertiary/aromatic N) is 1. The lowest BCUT2D eigenvalue weighted by atomic mass is 9.77. The maximum Gasteiger partial charge on any atom is 0.237 e. The Balaban J connectivity index is 2.74. The number of hydrogen-bond donors (Lipinski definition) is 3. The summed E-state index contributed by atoms with van der Waals surface area (Å²) in [6.45, 7) is 1.39. The molecule has 1 fully saturated rings. The first kappa shape index (κ1) is 15.4. The Morgan fingerprint density at radius 2 is 1.63 bits per heavy atom. The summed E-state index contributed by atoms with van der Waals surface area (Å²) < 4.78 is 0. The number of amides is 3. The molecule has 7 nitrogen and oxygen atoms in total. The predicted molar refractivity (Wildman–Crippen MR) is 69.4 cm³/mol. The molecule has 0 heterocycles. The highest BCUT2D eigenvalue weighted by molar-refractivity contribution is 5.89. The molecular formula is C12H22N4O3. The van der Waals surface area contributed by atoms with Crippen molar-refractivity contribution in [2.75, 3.05) is 13.1 Å². The molecule has 0 radical (unpaired) electrons. The predicted octanol–water partition coefficient (Wildman–Crippen LogP) is -1.45. The molecule has 19 heavy (non-hydrogen) atoms. The summed E-state index contributed by atoms with van der Waals surface area (Å²) in [6, 6.07) is 0.111. The molecule has 1 aliphatic carbocycles. The van der Waals surface area contributed by atoms with Crippen LogP contribution in [0.3, 0.4) is 0 Å². The third kappa shape index (κ3) is 4.51. The van der Waals surface area contributed by atoms with E-state index in [1.165, 1.54) is 0 Å². The molecule has 1 saturated carbocycles. The lowest BCUT2D eigenvalue weighted by Gasteiger charge is -2.34. The van der Waals surface area contributed by atoms with Crippen LogP contribution in [0, 0.1) is 11.8 Å². The van der Waals surface area contributed by atoms with Gasteiger partial charge in [-0.05, 0) is 25.2 Å². The zero-order valence-corrected chi connectivity index (χ0v) is 11.2. The third-order valence-electron chi connectivity index (χ3n) is 3.53. The van der Waals surface area contributed by atoms with Crippen LogP contribution in [0.2, 0.25) is 0 Å². The minimum atomic E-state index is -0.658. The van der Waals surface area contributed by atoms with Gasteiger partial charge in [-0.25, -0.2) is 0 Å². The second-order valence-corrected chi connectivity index (χ2v) is 5.28. The lowest BCUT2D eigenvalue weighted by molar-refractivity contribution is -0.143. The van der Waals surface area contributed by atoms with Crippen LogP contribution in [0.1, 0.15) is 26.2 Å². The quantitative estimate of drug-likeness (QED) is 0.563. The molecule has 0 aromatic heterocycles. The van der Waals surface area contributed by atoms with E-state index in [0.29, 0.717) is 6.42 Å². The zero-order valence-electron chi connectivity index (χ0n) is 11.2. The average Bonchev–Trinajstić information content (AvgIpc) is 2.26. The fraction of sp³-hybridized carbons (Fsp3) is 0.750. The van der Waals surface area contributed by atoms with Gasteiger partial charge in [0.25, 0.3) is 0 Å². The highest BCUT2D eigenvalue weighted by atomic mass is 16.2. The van der Waals surface area contributed by atoms with Gasteiger partial charge in [-0.2, -0.15) is 0 Å². The molecule has 0 aromatic carbocycles. The van der Waals surface area contributed by atoms with Gasteiger partial charge in [-0.3, -0.25) is 14.4 Å². The Bertz CT molecular complexity index is 356. The molecule has 3 unspecified atom stereocenters. The second-order valence-electron chi connectivity index (χ2n) is 5.28. The second kappa shape index (κ2) is 6.51. The summed E-state index contributed by atoms with van der Waals surface area (Å²) in [5.74, 6) is -1.65. The Hall–Kier alpha value is -1.63. The van der Waals surface area contributed by atoms with Gasteiger partial charge in [-0.15, -0.1) is 0 Å². The molecule has 0 aliphatic heterocycles. The van der Waals surface area contributed by atoms with Gasteiger partial charge in [0.05, 0.1) is 13.1 Å². The van der Waals surface area contributed by atoms with Crippen molar-refractivity contribution in [1.29, 1.82) is 0 Å². The van der Waals surface area contributed by atoms with Crippen LogP contribution >= 0.6 is 0 Å². The monoisotopic (exact) mass is 270 g/mol. The smallest absolute Gasteiger partial charge is 0.237 e. The van der Waals surface area contributed by atoms with Crippen LogP contribution in [-0.2, 0) is 14.4 Å². The van der Waals surface area contributed by atoms with Crippen LogP contribution in [0.5, 0.6) is 0 Å². The SMILES string of the molecule is CC1CC(N)CCC1C(=O)N(CC(N)=O)CC(N)=O. The number of carbonyl (C=O) groups is 3. The molecule has 3 amide bonds. The fourth-order valence-corrected chi connectivity index (χ4v) is 2.63. The largest absolute Gasteiger partial charge is 0.368 e. The van der Waals surface area contributed by atoms with E-state index >= 15 is 0 Å². The van der Waals surface area contributed by atoms with Crippen molar-refractivity contribution in [3.8, 4) is 0 Å². The molecule has 0 aromatic rings. The highest BCUT2D eigenvalue weighted by Crippen LogP contribution is 2.30.